The number of para-hydroxylation sites is 1. The first-order chi connectivity index (χ1) is 12.5. The Bertz CT molecular complexity index is 1100. The number of halogens is 1. The monoisotopic (exact) mass is 370 g/mol. The van der Waals surface area contributed by atoms with E-state index in [4.69, 9.17) is 0 Å². The van der Waals surface area contributed by atoms with Crippen LogP contribution in [0.15, 0.2) is 59.5 Å². The second-order valence-electron chi connectivity index (χ2n) is 7.50. The van der Waals surface area contributed by atoms with Gasteiger partial charge in [-0.3, -0.25) is 0 Å². The first-order valence-electron chi connectivity index (χ1n) is 8.80. The molecule has 0 radical (unpaired) electrons. The molecule has 1 aromatic heterocycles. The molecule has 6 heteroatoms. The van der Waals surface area contributed by atoms with Crippen molar-refractivity contribution in [3.8, 4) is 0 Å². The van der Waals surface area contributed by atoms with Crippen LogP contribution in [0.25, 0.3) is 10.9 Å². The number of hydrogen-bond acceptors (Lipinski definition) is 2. The Hall–Kier alpha value is -2.18. The zero-order valence-electron chi connectivity index (χ0n) is 14.2. The first-order valence-corrected chi connectivity index (χ1v) is 10.2. The van der Waals surface area contributed by atoms with Crippen LogP contribution in [0.2, 0.25) is 0 Å². The van der Waals surface area contributed by atoms with Crippen LogP contribution in [0, 0.1) is 11.2 Å². The van der Waals surface area contributed by atoms with Crippen molar-refractivity contribution in [1.82, 2.24) is 8.87 Å². The summed E-state index contributed by atoms with van der Waals surface area (Å²) in [6, 6.07) is 15.6. The van der Waals surface area contributed by atoms with E-state index in [0.29, 0.717) is 13.1 Å². The van der Waals surface area contributed by atoms with Crippen molar-refractivity contribution in [2.45, 2.75) is 24.3 Å². The summed E-state index contributed by atoms with van der Waals surface area (Å²) in [6.07, 6.45) is 1.75. The molecule has 1 atom stereocenters. The van der Waals surface area contributed by atoms with Crippen molar-refractivity contribution in [2.75, 3.05) is 13.1 Å². The molecule has 1 spiro atoms. The smallest absolute Gasteiger partial charge is 0.243 e. The van der Waals surface area contributed by atoms with E-state index < -0.39 is 15.8 Å². The van der Waals surface area contributed by atoms with Gasteiger partial charge in [-0.1, -0.05) is 18.2 Å². The minimum atomic E-state index is -3.57. The molecule has 3 aromatic rings. The third-order valence-corrected chi connectivity index (χ3v) is 7.66. The first kappa shape index (κ1) is 16.0. The molecule has 134 valence electrons. The number of hydrogen-bond donors (Lipinski definition) is 0. The summed E-state index contributed by atoms with van der Waals surface area (Å²) in [7, 11) is -3.57. The molecule has 2 aliphatic rings. The number of fused-ring (bicyclic) bond motifs is 3. The summed E-state index contributed by atoms with van der Waals surface area (Å²) in [5, 5.41) is 1.24. The topological polar surface area (TPSA) is 42.3 Å². The molecular formula is C20H19FN2O2S. The highest BCUT2D eigenvalue weighted by Gasteiger charge is 2.46. The Balaban J connectivity index is 1.43. The van der Waals surface area contributed by atoms with E-state index in [-0.39, 0.29) is 10.3 Å². The molecule has 0 amide bonds. The van der Waals surface area contributed by atoms with E-state index in [1.54, 1.807) is 4.31 Å². The van der Waals surface area contributed by atoms with Crippen molar-refractivity contribution >= 4 is 20.9 Å². The third-order valence-electron chi connectivity index (χ3n) is 5.80. The summed E-state index contributed by atoms with van der Waals surface area (Å²) in [6.45, 7) is 1.89. The summed E-state index contributed by atoms with van der Waals surface area (Å²) >= 11 is 0. The standard InChI is InChI=1S/C20H19FN2O2S/c21-16-5-7-18(8-6-16)26(24,25)22-10-9-20(13-22)12-17-11-15-3-1-2-4-19(15)23(17)14-20/h1-8,11H,9-10,12-14H2. The van der Waals surface area contributed by atoms with Crippen molar-refractivity contribution in [3.05, 3.63) is 66.1 Å². The van der Waals surface area contributed by atoms with Gasteiger partial charge >= 0.3 is 0 Å². The zero-order chi connectivity index (χ0) is 17.9. The SMILES string of the molecule is O=S(=O)(c1ccc(F)cc1)N1CCC2(Cc3cc4ccccc4n3C2)C1. The quantitative estimate of drug-likeness (QED) is 0.694. The minimum absolute atomic E-state index is 0.0353. The Kier molecular flexibility index (Phi) is 3.33. The van der Waals surface area contributed by atoms with Crippen LogP contribution in [0.3, 0.4) is 0 Å². The van der Waals surface area contributed by atoms with Crippen LogP contribution in [0.5, 0.6) is 0 Å². The normalized spacial score (nSPS) is 23.1. The van der Waals surface area contributed by atoms with Gasteiger partial charge in [-0.05, 0) is 54.6 Å². The maximum Gasteiger partial charge on any atom is 0.243 e. The molecule has 0 N–H and O–H groups in total. The number of rotatable bonds is 2. The van der Waals surface area contributed by atoms with Crippen molar-refractivity contribution in [2.24, 2.45) is 5.41 Å². The molecule has 1 unspecified atom stereocenters. The molecule has 5 rings (SSSR count). The second-order valence-corrected chi connectivity index (χ2v) is 9.44. The highest BCUT2D eigenvalue weighted by Crippen LogP contribution is 2.44. The lowest BCUT2D eigenvalue weighted by atomic mass is 9.85. The van der Waals surface area contributed by atoms with Gasteiger partial charge in [0.05, 0.1) is 4.90 Å². The van der Waals surface area contributed by atoms with Crippen molar-refractivity contribution < 1.29 is 12.8 Å². The molecule has 0 bridgehead atoms. The van der Waals surface area contributed by atoms with Gasteiger partial charge in [0.1, 0.15) is 5.82 Å². The molecular weight excluding hydrogens is 351 g/mol. The van der Waals surface area contributed by atoms with Crippen LogP contribution in [0.4, 0.5) is 4.39 Å². The number of nitrogens with zero attached hydrogens (tertiary/aromatic N) is 2. The molecule has 2 aliphatic heterocycles. The molecule has 1 fully saturated rings. The van der Waals surface area contributed by atoms with Crippen LogP contribution >= 0.6 is 0 Å². The number of benzene rings is 2. The van der Waals surface area contributed by atoms with Crippen molar-refractivity contribution in [3.63, 3.8) is 0 Å². The van der Waals surface area contributed by atoms with E-state index >= 15 is 0 Å². The number of sulfonamides is 1. The molecule has 2 aromatic carbocycles. The average Bonchev–Trinajstić information content (AvgIpc) is 3.29. The summed E-state index contributed by atoms with van der Waals surface area (Å²) < 4.78 is 42.8. The van der Waals surface area contributed by atoms with E-state index in [0.717, 1.165) is 19.4 Å². The van der Waals surface area contributed by atoms with E-state index in [1.165, 1.54) is 40.9 Å². The highest BCUT2D eigenvalue weighted by atomic mass is 32.2. The molecule has 26 heavy (non-hydrogen) atoms. The molecule has 3 heterocycles. The predicted molar refractivity (Wildman–Crippen MR) is 97.9 cm³/mol. The molecule has 1 saturated heterocycles. The van der Waals surface area contributed by atoms with Gasteiger partial charge in [0, 0.05) is 36.3 Å². The lowest BCUT2D eigenvalue weighted by molar-refractivity contribution is 0.299. The van der Waals surface area contributed by atoms with Gasteiger partial charge in [0.15, 0.2) is 0 Å². The second kappa shape index (κ2) is 5.41. The summed E-state index contributed by atoms with van der Waals surface area (Å²) in [4.78, 5) is 0.166. The number of aromatic nitrogens is 1. The predicted octanol–water partition coefficient (Wildman–Crippen LogP) is 3.42. The van der Waals surface area contributed by atoms with Crippen molar-refractivity contribution in [1.29, 1.82) is 0 Å². The Morgan fingerprint density at radius 1 is 1.00 bits per heavy atom. The zero-order valence-corrected chi connectivity index (χ0v) is 15.0. The lowest BCUT2D eigenvalue weighted by Gasteiger charge is -2.23. The van der Waals surface area contributed by atoms with Crippen LogP contribution in [-0.2, 0) is 23.0 Å². The fourth-order valence-electron chi connectivity index (χ4n) is 4.50. The Morgan fingerprint density at radius 2 is 1.77 bits per heavy atom. The Labute approximate surface area is 151 Å². The van der Waals surface area contributed by atoms with Gasteiger partial charge < -0.3 is 4.57 Å². The van der Waals surface area contributed by atoms with Gasteiger partial charge in [-0.15, -0.1) is 0 Å². The maximum atomic E-state index is 13.1. The molecule has 0 saturated carbocycles. The van der Waals surface area contributed by atoms with Gasteiger partial charge in [-0.2, -0.15) is 4.31 Å². The minimum Gasteiger partial charge on any atom is -0.344 e. The van der Waals surface area contributed by atoms with Gasteiger partial charge in [0.25, 0.3) is 0 Å². The van der Waals surface area contributed by atoms with Crippen LogP contribution < -0.4 is 0 Å². The van der Waals surface area contributed by atoms with E-state index in [1.807, 2.05) is 12.1 Å². The largest absolute Gasteiger partial charge is 0.344 e. The fraction of sp³-hybridized carbons (Fsp3) is 0.300. The average molecular weight is 370 g/mol. The maximum absolute atomic E-state index is 13.1. The van der Waals surface area contributed by atoms with Gasteiger partial charge in [-0.25, -0.2) is 12.8 Å². The fourth-order valence-corrected chi connectivity index (χ4v) is 6.06. The molecule has 4 nitrogen and oxygen atoms in total. The van der Waals surface area contributed by atoms with E-state index in [2.05, 4.69) is 22.8 Å². The summed E-state index contributed by atoms with van der Waals surface area (Å²) in [5.74, 6) is -0.427. The third kappa shape index (κ3) is 2.32. The van der Waals surface area contributed by atoms with Gasteiger partial charge in [0.2, 0.25) is 10.0 Å². The Morgan fingerprint density at radius 3 is 2.58 bits per heavy atom. The van der Waals surface area contributed by atoms with E-state index in [9.17, 15) is 12.8 Å². The highest BCUT2D eigenvalue weighted by molar-refractivity contribution is 7.89. The van der Waals surface area contributed by atoms with Crippen LogP contribution in [0.1, 0.15) is 12.1 Å². The van der Waals surface area contributed by atoms with Crippen LogP contribution in [-0.4, -0.2) is 30.4 Å². The lowest BCUT2D eigenvalue weighted by Crippen LogP contribution is -2.33. The molecule has 0 aliphatic carbocycles. The summed E-state index contributed by atoms with van der Waals surface area (Å²) in [5.41, 5.74) is 2.47.